The van der Waals surface area contributed by atoms with Crippen LogP contribution in [-0.4, -0.2) is 28.6 Å². The third-order valence-electron chi connectivity index (χ3n) is 5.40. The first-order valence-electron chi connectivity index (χ1n) is 9.50. The molecular weight excluding hydrogens is 386 g/mol. The highest BCUT2D eigenvalue weighted by Gasteiger charge is 2.49. The van der Waals surface area contributed by atoms with E-state index in [-0.39, 0.29) is 19.2 Å². The van der Waals surface area contributed by atoms with Gasteiger partial charge < -0.3 is 19.2 Å². The molecule has 1 fully saturated rings. The number of aryl methyl sites for hydroxylation is 1. The molecule has 1 saturated heterocycles. The van der Waals surface area contributed by atoms with E-state index < -0.39 is 11.6 Å². The first-order chi connectivity index (χ1) is 14.4. The number of carbonyl (C=O) groups is 2. The lowest BCUT2D eigenvalue weighted by atomic mass is 9.91. The van der Waals surface area contributed by atoms with E-state index in [2.05, 4.69) is 10.3 Å². The van der Waals surface area contributed by atoms with Gasteiger partial charge in [0.25, 0.3) is 5.91 Å². The number of fused-ring (bicyclic) bond motifs is 1. The zero-order valence-corrected chi connectivity index (χ0v) is 16.5. The summed E-state index contributed by atoms with van der Waals surface area (Å²) in [5.74, 6) is 1.23. The van der Waals surface area contributed by atoms with Crippen LogP contribution in [-0.2, 0) is 16.9 Å². The van der Waals surface area contributed by atoms with Gasteiger partial charge >= 0.3 is 6.03 Å². The van der Waals surface area contributed by atoms with E-state index in [1.165, 1.54) is 6.26 Å². The summed E-state index contributed by atoms with van der Waals surface area (Å²) >= 11 is 0. The summed E-state index contributed by atoms with van der Waals surface area (Å²) in [7, 11) is 0. The summed E-state index contributed by atoms with van der Waals surface area (Å²) in [4.78, 5) is 31.3. The number of oxazole rings is 1. The molecule has 2 aliphatic rings. The van der Waals surface area contributed by atoms with Crippen LogP contribution in [0.15, 0.2) is 53.1 Å². The highest BCUT2D eigenvalue weighted by molar-refractivity contribution is 6.07. The second-order valence-corrected chi connectivity index (χ2v) is 7.52. The summed E-state index contributed by atoms with van der Waals surface area (Å²) in [5.41, 5.74) is 1.86. The van der Waals surface area contributed by atoms with Gasteiger partial charge in [-0.1, -0.05) is 23.8 Å². The minimum absolute atomic E-state index is 0.0141. The summed E-state index contributed by atoms with van der Waals surface area (Å²) in [5, 5.41) is 2.79. The number of imide groups is 1. The highest BCUT2D eigenvalue weighted by atomic mass is 16.7. The van der Waals surface area contributed by atoms with Gasteiger partial charge in [0.15, 0.2) is 11.5 Å². The molecule has 5 rings (SSSR count). The van der Waals surface area contributed by atoms with Crippen LogP contribution < -0.4 is 14.8 Å². The lowest BCUT2D eigenvalue weighted by molar-refractivity contribution is -0.131. The molecule has 0 radical (unpaired) electrons. The van der Waals surface area contributed by atoms with Crippen molar-refractivity contribution in [2.75, 3.05) is 6.79 Å². The van der Waals surface area contributed by atoms with Crippen molar-refractivity contribution in [1.82, 2.24) is 15.2 Å². The van der Waals surface area contributed by atoms with Crippen molar-refractivity contribution in [3.8, 4) is 23.0 Å². The Morgan fingerprint density at radius 3 is 2.67 bits per heavy atom. The predicted octanol–water partition coefficient (Wildman–Crippen LogP) is 3.35. The number of urea groups is 1. The third-order valence-corrected chi connectivity index (χ3v) is 5.40. The van der Waals surface area contributed by atoms with Crippen molar-refractivity contribution in [3.05, 3.63) is 65.5 Å². The average molecular weight is 405 g/mol. The molecule has 3 amide bonds. The lowest BCUT2D eigenvalue weighted by Crippen LogP contribution is -2.40. The number of nitrogens with zero attached hydrogens (tertiary/aromatic N) is 2. The van der Waals surface area contributed by atoms with Gasteiger partial charge in [-0.25, -0.2) is 9.78 Å². The maximum atomic E-state index is 13.2. The van der Waals surface area contributed by atoms with E-state index in [0.717, 1.165) is 16.0 Å². The second kappa shape index (κ2) is 6.62. The summed E-state index contributed by atoms with van der Waals surface area (Å²) in [6, 6.07) is 12.5. The van der Waals surface area contributed by atoms with E-state index in [4.69, 9.17) is 13.9 Å². The van der Waals surface area contributed by atoms with Crippen LogP contribution in [0.5, 0.6) is 11.5 Å². The molecule has 0 bridgehead atoms. The van der Waals surface area contributed by atoms with Crippen LogP contribution in [0.2, 0.25) is 0 Å². The van der Waals surface area contributed by atoms with E-state index in [0.29, 0.717) is 28.6 Å². The number of hydrogen-bond donors (Lipinski definition) is 1. The number of aromatic nitrogens is 1. The fourth-order valence-corrected chi connectivity index (χ4v) is 3.61. The van der Waals surface area contributed by atoms with Gasteiger partial charge in [-0.3, -0.25) is 9.69 Å². The van der Waals surface area contributed by atoms with Crippen LogP contribution in [0.4, 0.5) is 4.79 Å². The molecule has 3 heterocycles. The number of ether oxygens (including phenoxy) is 2. The van der Waals surface area contributed by atoms with Crippen molar-refractivity contribution in [2.24, 2.45) is 0 Å². The number of nitrogens with one attached hydrogen (secondary N) is 1. The Hall–Kier alpha value is -3.81. The maximum absolute atomic E-state index is 13.2. The fourth-order valence-electron chi connectivity index (χ4n) is 3.61. The van der Waals surface area contributed by atoms with Gasteiger partial charge in [-0.05, 0) is 43.7 Å². The monoisotopic (exact) mass is 405 g/mol. The number of amides is 3. The van der Waals surface area contributed by atoms with Crippen LogP contribution in [0, 0.1) is 6.92 Å². The standard InChI is InChI=1S/C22H19N3O5/c1-13-3-5-14(6-4-13)19-23-16(11-28-19)10-25-20(26)22(2,24-21(25)27)15-7-8-17-18(9-15)30-12-29-17/h3-9,11H,10,12H2,1-2H3,(H,24,27). The quantitative estimate of drug-likeness (QED) is 0.669. The molecule has 8 heteroatoms. The van der Waals surface area contributed by atoms with Crippen LogP contribution >= 0.6 is 0 Å². The molecule has 1 atom stereocenters. The smallest absolute Gasteiger partial charge is 0.325 e. The average Bonchev–Trinajstić information content (AvgIpc) is 3.44. The number of carbonyl (C=O) groups excluding carboxylic acids is 2. The lowest BCUT2D eigenvalue weighted by Gasteiger charge is -2.22. The van der Waals surface area contributed by atoms with Gasteiger partial charge in [-0.2, -0.15) is 0 Å². The van der Waals surface area contributed by atoms with Crippen LogP contribution in [0.25, 0.3) is 11.5 Å². The van der Waals surface area contributed by atoms with Crippen molar-refractivity contribution >= 4 is 11.9 Å². The zero-order valence-electron chi connectivity index (χ0n) is 16.5. The van der Waals surface area contributed by atoms with E-state index in [9.17, 15) is 9.59 Å². The van der Waals surface area contributed by atoms with Crippen LogP contribution in [0.1, 0.15) is 23.7 Å². The SMILES string of the molecule is Cc1ccc(-c2nc(CN3C(=O)NC(C)(c4ccc5c(c4)OCO5)C3=O)co2)cc1. The molecule has 0 spiro atoms. The molecule has 1 aromatic heterocycles. The van der Waals surface area contributed by atoms with Gasteiger partial charge in [0, 0.05) is 5.56 Å². The number of rotatable bonds is 4. The third kappa shape index (κ3) is 2.88. The predicted molar refractivity (Wildman–Crippen MR) is 106 cm³/mol. The molecule has 1 unspecified atom stereocenters. The van der Waals surface area contributed by atoms with E-state index in [1.807, 2.05) is 31.2 Å². The molecule has 30 heavy (non-hydrogen) atoms. The minimum Gasteiger partial charge on any atom is -0.454 e. The first-order valence-corrected chi connectivity index (χ1v) is 9.50. The highest BCUT2D eigenvalue weighted by Crippen LogP contribution is 2.38. The molecular formula is C22H19N3O5. The molecule has 1 N–H and O–H groups in total. The van der Waals surface area contributed by atoms with E-state index >= 15 is 0 Å². The Morgan fingerprint density at radius 2 is 1.87 bits per heavy atom. The summed E-state index contributed by atoms with van der Waals surface area (Å²) in [6.45, 7) is 3.82. The van der Waals surface area contributed by atoms with Crippen molar-refractivity contribution in [1.29, 1.82) is 0 Å². The van der Waals surface area contributed by atoms with Crippen molar-refractivity contribution in [3.63, 3.8) is 0 Å². The minimum atomic E-state index is -1.21. The molecule has 2 aromatic carbocycles. The maximum Gasteiger partial charge on any atom is 0.325 e. The van der Waals surface area contributed by atoms with Gasteiger partial charge in [-0.15, -0.1) is 0 Å². The Morgan fingerprint density at radius 1 is 1.10 bits per heavy atom. The van der Waals surface area contributed by atoms with Gasteiger partial charge in [0.1, 0.15) is 11.8 Å². The fraction of sp³-hybridized carbons (Fsp3) is 0.227. The van der Waals surface area contributed by atoms with Crippen molar-refractivity contribution in [2.45, 2.75) is 25.9 Å². The number of benzene rings is 2. The molecule has 0 saturated carbocycles. The second-order valence-electron chi connectivity index (χ2n) is 7.52. The Balaban J connectivity index is 1.38. The molecule has 152 valence electrons. The Kier molecular flexibility index (Phi) is 4.02. The first kappa shape index (κ1) is 18.2. The normalized spacial score (nSPS) is 20.0. The van der Waals surface area contributed by atoms with Gasteiger partial charge in [0.05, 0.1) is 12.2 Å². The molecule has 8 nitrogen and oxygen atoms in total. The van der Waals surface area contributed by atoms with Crippen molar-refractivity contribution < 1.29 is 23.5 Å². The summed E-state index contributed by atoms with van der Waals surface area (Å²) in [6.07, 6.45) is 1.46. The Labute approximate surface area is 172 Å². The Bertz CT molecular complexity index is 1150. The molecule has 2 aliphatic heterocycles. The van der Waals surface area contributed by atoms with E-state index in [1.54, 1.807) is 25.1 Å². The topological polar surface area (TPSA) is 93.9 Å². The largest absolute Gasteiger partial charge is 0.454 e. The molecule has 3 aromatic rings. The number of hydrogen-bond acceptors (Lipinski definition) is 6. The van der Waals surface area contributed by atoms with Crippen LogP contribution in [0.3, 0.4) is 0 Å². The summed E-state index contributed by atoms with van der Waals surface area (Å²) < 4.78 is 16.3. The molecule has 0 aliphatic carbocycles. The zero-order chi connectivity index (χ0) is 20.9. The van der Waals surface area contributed by atoms with Gasteiger partial charge in [0.2, 0.25) is 12.7 Å².